The number of carboxylic acids is 1. The predicted octanol–water partition coefficient (Wildman–Crippen LogP) is 6.76. The van der Waals surface area contributed by atoms with Gasteiger partial charge in [0.05, 0.1) is 0 Å². The molecule has 0 fully saturated rings. The van der Waals surface area contributed by atoms with Crippen LogP contribution in [0.15, 0.2) is 36.5 Å². The van der Waals surface area contributed by atoms with E-state index < -0.39 is 5.97 Å². The summed E-state index contributed by atoms with van der Waals surface area (Å²) in [5, 5.41) is 8.67. The largest absolute Gasteiger partial charge is 0.481 e. The second-order valence-corrected chi connectivity index (χ2v) is 7.08. The number of allylic oxidation sites excluding steroid dienone is 5. The molecular weight excluding hydrogens is 352 g/mol. The van der Waals surface area contributed by atoms with Gasteiger partial charge in [-0.25, -0.2) is 0 Å². The first kappa shape index (κ1) is 26.2. The Bertz CT molecular complexity index is 477. The SMILES string of the molecule is CC/C=C\C/C=C\C/C=C\C(CCCCCCC(=O)O)OC(=O)CCCCC. The average Bonchev–Trinajstić information content (AvgIpc) is 2.66. The molecule has 4 heteroatoms. The number of carbonyl (C=O) groups is 2. The van der Waals surface area contributed by atoms with E-state index in [1.165, 1.54) is 0 Å². The van der Waals surface area contributed by atoms with E-state index in [-0.39, 0.29) is 18.5 Å². The summed E-state index contributed by atoms with van der Waals surface area (Å²) >= 11 is 0. The van der Waals surface area contributed by atoms with Crippen molar-refractivity contribution in [2.75, 3.05) is 0 Å². The Morgan fingerprint density at radius 2 is 1.46 bits per heavy atom. The molecule has 1 N–H and O–H groups in total. The second kappa shape index (κ2) is 19.9. The Morgan fingerprint density at radius 1 is 0.821 bits per heavy atom. The first-order chi connectivity index (χ1) is 13.6. The Hall–Kier alpha value is -1.84. The van der Waals surface area contributed by atoms with Crippen molar-refractivity contribution in [1.82, 2.24) is 0 Å². The van der Waals surface area contributed by atoms with Gasteiger partial charge in [0.1, 0.15) is 6.10 Å². The molecule has 0 heterocycles. The predicted molar refractivity (Wildman–Crippen MR) is 116 cm³/mol. The van der Waals surface area contributed by atoms with Gasteiger partial charge in [0.2, 0.25) is 0 Å². The highest BCUT2D eigenvalue weighted by molar-refractivity contribution is 5.69. The first-order valence-corrected chi connectivity index (χ1v) is 11.0. The van der Waals surface area contributed by atoms with Crippen molar-refractivity contribution >= 4 is 11.9 Å². The van der Waals surface area contributed by atoms with E-state index in [2.05, 4.69) is 44.2 Å². The van der Waals surface area contributed by atoms with Crippen LogP contribution < -0.4 is 0 Å². The summed E-state index contributed by atoms with van der Waals surface area (Å²) in [7, 11) is 0. The average molecular weight is 393 g/mol. The molecule has 0 spiro atoms. The molecule has 0 amide bonds. The fraction of sp³-hybridized carbons (Fsp3) is 0.667. The van der Waals surface area contributed by atoms with Crippen LogP contribution in [0.2, 0.25) is 0 Å². The third kappa shape index (κ3) is 18.9. The van der Waals surface area contributed by atoms with Crippen LogP contribution in [-0.2, 0) is 14.3 Å². The van der Waals surface area contributed by atoms with Gasteiger partial charge in [-0.3, -0.25) is 9.59 Å². The number of unbranched alkanes of at least 4 members (excludes halogenated alkanes) is 5. The maximum absolute atomic E-state index is 12.0. The van der Waals surface area contributed by atoms with Crippen molar-refractivity contribution in [2.45, 2.75) is 103 Å². The highest BCUT2D eigenvalue weighted by atomic mass is 16.5. The minimum absolute atomic E-state index is 0.116. The van der Waals surface area contributed by atoms with Gasteiger partial charge in [-0.1, -0.05) is 69.9 Å². The number of aliphatic carboxylic acids is 1. The molecular formula is C24H40O4. The molecule has 4 nitrogen and oxygen atoms in total. The Labute approximate surface area is 171 Å². The molecule has 0 aromatic heterocycles. The summed E-state index contributed by atoms with van der Waals surface area (Å²) in [5.74, 6) is -0.853. The lowest BCUT2D eigenvalue weighted by Gasteiger charge is -2.14. The fourth-order valence-corrected chi connectivity index (χ4v) is 2.76. The molecule has 0 aromatic carbocycles. The Balaban J connectivity index is 4.29. The van der Waals surface area contributed by atoms with Crippen molar-refractivity contribution in [1.29, 1.82) is 0 Å². The zero-order valence-electron chi connectivity index (χ0n) is 17.9. The standard InChI is InChI=1S/C24H40O4/c1-3-5-7-8-9-10-11-15-18-22(28-24(27)21-14-6-4-2)19-16-12-13-17-20-23(25)26/h5,7,9-10,15,18,22H,3-4,6,8,11-14,16-17,19-21H2,1-2H3,(H,25,26)/b7-5-,10-9-,18-15-. The summed E-state index contributed by atoms with van der Waals surface area (Å²) in [4.78, 5) is 22.6. The molecule has 0 rings (SSSR count). The van der Waals surface area contributed by atoms with Gasteiger partial charge in [-0.2, -0.15) is 0 Å². The third-order valence-electron chi connectivity index (χ3n) is 4.36. The van der Waals surface area contributed by atoms with E-state index in [1.807, 2.05) is 6.08 Å². The lowest BCUT2D eigenvalue weighted by Crippen LogP contribution is -2.16. The number of hydrogen-bond acceptors (Lipinski definition) is 3. The monoisotopic (exact) mass is 392 g/mol. The molecule has 0 bridgehead atoms. The number of carboxylic acid groups (broad SMARTS) is 1. The number of hydrogen-bond donors (Lipinski definition) is 1. The molecule has 0 aliphatic carbocycles. The quantitative estimate of drug-likeness (QED) is 0.159. The van der Waals surface area contributed by atoms with Crippen molar-refractivity contribution in [3.8, 4) is 0 Å². The topological polar surface area (TPSA) is 63.6 Å². The Morgan fingerprint density at radius 3 is 2.14 bits per heavy atom. The van der Waals surface area contributed by atoms with Crippen LogP contribution in [0.5, 0.6) is 0 Å². The van der Waals surface area contributed by atoms with E-state index in [9.17, 15) is 9.59 Å². The van der Waals surface area contributed by atoms with Gasteiger partial charge in [-0.15, -0.1) is 0 Å². The van der Waals surface area contributed by atoms with Crippen LogP contribution in [-0.4, -0.2) is 23.1 Å². The van der Waals surface area contributed by atoms with Crippen molar-refractivity contribution < 1.29 is 19.4 Å². The highest BCUT2D eigenvalue weighted by Gasteiger charge is 2.11. The molecule has 0 saturated heterocycles. The third-order valence-corrected chi connectivity index (χ3v) is 4.36. The maximum atomic E-state index is 12.0. The number of carbonyl (C=O) groups excluding carboxylic acids is 1. The molecule has 0 saturated carbocycles. The summed E-state index contributed by atoms with van der Waals surface area (Å²) in [6, 6.07) is 0. The van der Waals surface area contributed by atoms with E-state index in [0.717, 1.165) is 64.2 Å². The smallest absolute Gasteiger partial charge is 0.306 e. The summed E-state index contributed by atoms with van der Waals surface area (Å²) in [5.41, 5.74) is 0. The van der Waals surface area contributed by atoms with E-state index >= 15 is 0 Å². The van der Waals surface area contributed by atoms with E-state index in [1.54, 1.807) is 0 Å². The molecule has 28 heavy (non-hydrogen) atoms. The van der Waals surface area contributed by atoms with Gasteiger partial charge in [0, 0.05) is 12.8 Å². The van der Waals surface area contributed by atoms with Crippen LogP contribution in [0.1, 0.15) is 97.3 Å². The zero-order chi connectivity index (χ0) is 20.9. The van der Waals surface area contributed by atoms with Crippen LogP contribution in [0.25, 0.3) is 0 Å². The maximum Gasteiger partial charge on any atom is 0.306 e. The van der Waals surface area contributed by atoms with Gasteiger partial charge in [-0.05, 0) is 51.0 Å². The normalized spacial score (nSPS) is 12.9. The molecule has 0 radical (unpaired) electrons. The van der Waals surface area contributed by atoms with E-state index in [0.29, 0.717) is 12.8 Å². The Kier molecular flexibility index (Phi) is 18.6. The molecule has 1 unspecified atom stereocenters. The number of esters is 1. The molecule has 0 aliphatic rings. The van der Waals surface area contributed by atoms with Crippen LogP contribution in [0.3, 0.4) is 0 Å². The van der Waals surface area contributed by atoms with Crippen molar-refractivity contribution in [2.24, 2.45) is 0 Å². The van der Waals surface area contributed by atoms with Gasteiger partial charge in [0.25, 0.3) is 0 Å². The zero-order valence-corrected chi connectivity index (χ0v) is 17.9. The summed E-state index contributed by atoms with van der Waals surface area (Å²) in [6.45, 7) is 4.24. The number of ether oxygens (including phenoxy) is 1. The van der Waals surface area contributed by atoms with Crippen molar-refractivity contribution in [3.63, 3.8) is 0 Å². The summed E-state index contributed by atoms with van der Waals surface area (Å²) < 4.78 is 5.65. The lowest BCUT2D eigenvalue weighted by atomic mass is 10.1. The molecule has 160 valence electrons. The minimum Gasteiger partial charge on any atom is -0.481 e. The lowest BCUT2D eigenvalue weighted by molar-refractivity contribution is -0.147. The highest BCUT2D eigenvalue weighted by Crippen LogP contribution is 2.13. The second-order valence-electron chi connectivity index (χ2n) is 7.08. The van der Waals surface area contributed by atoms with Gasteiger partial charge < -0.3 is 9.84 Å². The van der Waals surface area contributed by atoms with Gasteiger partial charge in [0.15, 0.2) is 0 Å². The van der Waals surface area contributed by atoms with Gasteiger partial charge >= 0.3 is 11.9 Å². The number of rotatable bonds is 18. The molecule has 0 aromatic rings. The van der Waals surface area contributed by atoms with E-state index in [4.69, 9.17) is 9.84 Å². The van der Waals surface area contributed by atoms with Crippen LogP contribution in [0.4, 0.5) is 0 Å². The minimum atomic E-state index is -0.736. The van der Waals surface area contributed by atoms with Crippen LogP contribution >= 0.6 is 0 Å². The fourth-order valence-electron chi connectivity index (χ4n) is 2.76. The summed E-state index contributed by atoms with van der Waals surface area (Å²) in [6.07, 6.45) is 23.4. The van der Waals surface area contributed by atoms with Crippen molar-refractivity contribution in [3.05, 3.63) is 36.5 Å². The molecule has 0 aliphatic heterocycles. The first-order valence-electron chi connectivity index (χ1n) is 11.0. The molecule has 1 atom stereocenters. The van der Waals surface area contributed by atoms with Crippen LogP contribution in [0, 0.1) is 0 Å².